The van der Waals surface area contributed by atoms with Gasteiger partial charge in [-0.05, 0) is 12.1 Å². The van der Waals surface area contributed by atoms with Crippen molar-refractivity contribution in [2.45, 2.75) is 5.92 Å². The zero-order chi connectivity index (χ0) is 12.8. The summed E-state index contributed by atoms with van der Waals surface area (Å²) in [5, 5.41) is 0.687. The lowest BCUT2D eigenvalue weighted by molar-refractivity contribution is -0.145. The Morgan fingerprint density at radius 2 is 1.82 bits per heavy atom. The van der Waals surface area contributed by atoms with E-state index in [-0.39, 0.29) is 15.6 Å². The van der Waals surface area contributed by atoms with Crippen molar-refractivity contribution in [2.24, 2.45) is 5.73 Å². The molecule has 2 rings (SSSR count). The quantitative estimate of drug-likeness (QED) is 0.917. The third-order valence-electron chi connectivity index (χ3n) is 2.18. The van der Waals surface area contributed by atoms with Crippen LogP contribution in [0.5, 0.6) is 0 Å². The number of amides is 1. The second kappa shape index (κ2) is 3.85. The van der Waals surface area contributed by atoms with Crippen molar-refractivity contribution in [1.29, 1.82) is 0 Å². The van der Waals surface area contributed by atoms with E-state index in [1.54, 1.807) is 0 Å². The summed E-state index contributed by atoms with van der Waals surface area (Å²) in [6, 6.07) is 3.66. The number of hydrogen-bond donors (Lipinski definition) is 1. The molecule has 0 atom stereocenters. The van der Waals surface area contributed by atoms with Gasteiger partial charge in [-0.3, -0.25) is 4.79 Å². The number of rotatable bonds is 2. The van der Waals surface area contributed by atoms with Crippen LogP contribution in [0, 0.1) is 0 Å². The molecule has 17 heavy (non-hydrogen) atoms. The first-order chi connectivity index (χ1) is 7.82. The van der Waals surface area contributed by atoms with Crippen molar-refractivity contribution < 1.29 is 18.0 Å². The first-order valence-corrected chi connectivity index (χ1v) is 5.14. The molecule has 90 valence electrons. The fourth-order valence-electron chi connectivity index (χ4n) is 1.31. The van der Waals surface area contributed by atoms with E-state index < -0.39 is 17.6 Å². The lowest BCUT2D eigenvalue weighted by atomic mass is 10.2. The van der Waals surface area contributed by atoms with E-state index in [9.17, 15) is 13.6 Å². The van der Waals surface area contributed by atoms with E-state index >= 15 is 0 Å². The summed E-state index contributed by atoms with van der Waals surface area (Å²) in [4.78, 5) is 10.6. The van der Waals surface area contributed by atoms with Gasteiger partial charge in [0.15, 0.2) is 5.76 Å². The number of halogens is 4. The molecule has 0 bridgehead atoms. The summed E-state index contributed by atoms with van der Waals surface area (Å²) in [5.74, 6) is -6.48. The monoisotopic (exact) mass is 279 g/mol. The molecule has 3 nitrogen and oxygen atoms in total. The van der Waals surface area contributed by atoms with E-state index in [1.165, 1.54) is 12.1 Å². The van der Waals surface area contributed by atoms with Crippen molar-refractivity contribution in [3.8, 4) is 0 Å². The van der Waals surface area contributed by atoms with E-state index in [4.69, 9.17) is 27.6 Å². The van der Waals surface area contributed by atoms with Crippen LogP contribution < -0.4 is 5.73 Å². The summed E-state index contributed by atoms with van der Waals surface area (Å²) in [7, 11) is 0. The van der Waals surface area contributed by atoms with Gasteiger partial charge in [0.05, 0.1) is 10.0 Å². The van der Waals surface area contributed by atoms with Gasteiger partial charge in [-0.25, -0.2) is 0 Å². The van der Waals surface area contributed by atoms with Gasteiger partial charge < -0.3 is 10.2 Å². The molecule has 0 unspecified atom stereocenters. The van der Waals surface area contributed by atoms with E-state index in [1.807, 2.05) is 0 Å². The number of hydrogen-bond acceptors (Lipinski definition) is 2. The highest BCUT2D eigenvalue weighted by Gasteiger charge is 2.42. The molecule has 2 aromatic rings. The Hall–Kier alpha value is -1.33. The van der Waals surface area contributed by atoms with Gasteiger partial charge in [-0.2, -0.15) is 8.78 Å². The Bertz CT molecular complexity index is 571. The Labute approximate surface area is 104 Å². The van der Waals surface area contributed by atoms with Crippen molar-refractivity contribution in [1.82, 2.24) is 0 Å². The Kier molecular flexibility index (Phi) is 2.75. The molecule has 1 aromatic heterocycles. The maximum Gasteiger partial charge on any atom is 0.380 e. The fraction of sp³-hybridized carbons (Fsp3) is 0.100. The van der Waals surface area contributed by atoms with E-state index in [0.717, 1.165) is 6.07 Å². The summed E-state index contributed by atoms with van der Waals surface area (Å²) in [6.45, 7) is 0. The molecule has 0 radical (unpaired) electrons. The van der Waals surface area contributed by atoms with Gasteiger partial charge in [-0.1, -0.05) is 23.2 Å². The molecule has 0 aliphatic rings. The van der Waals surface area contributed by atoms with Crippen molar-refractivity contribution in [3.05, 3.63) is 34.0 Å². The molecular formula is C10H5Cl2F2NO2. The molecule has 1 heterocycles. The fourth-order valence-corrected chi connectivity index (χ4v) is 1.64. The summed E-state index contributed by atoms with van der Waals surface area (Å²) in [6.07, 6.45) is 0. The SMILES string of the molecule is NC(=O)C(F)(F)c1cc2cc(Cl)c(Cl)cc2o1. The van der Waals surface area contributed by atoms with Crippen LogP contribution in [0.4, 0.5) is 8.78 Å². The number of carbonyl (C=O) groups is 1. The van der Waals surface area contributed by atoms with Crippen LogP contribution in [0.3, 0.4) is 0 Å². The van der Waals surface area contributed by atoms with Gasteiger partial charge in [0, 0.05) is 11.5 Å². The number of fused-ring (bicyclic) bond motifs is 1. The van der Waals surface area contributed by atoms with Gasteiger partial charge in [0.2, 0.25) is 0 Å². The highest BCUT2D eigenvalue weighted by Crippen LogP contribution is 2.35. The maximum absolute atomic E-state index is 13.3. The second-order valence-corrected chi connectivity index (χ2v) is 4.17. The van der Waals surface area contributed by atoms with Gasteiger partial charge >= 0.3 is 5.92 Å². The zero-order valence-electron chi connectivity index (χ0n) is 8.14. The lowest BCUT2D eigenvalue weighted by Gasteiger charge is -2.07. The maximum atomic E-state index is 13.3. The third kappa shape index (κ3) is 1.96. The first-order valence-electron chi connectivity index (χ1n) is 4.39. The Balaban J connectivity index is 2.63. The molecule has 0 aliphatic heterocycles. The molecular weight excluding hydrogens is 275 g/mol. The minimum Gasteiger partial charge on any atom is -0.454 e. The first kappa shape index (κ1) is 12.1. The standard InChI is InChI=1S/C10H5Cl2F2NO2/c11-5-1-4-2-8(10(13,14)9(15)16)17-7(4)3-6(5)12/h1-3H,(H2,15,16). The molecule has 0 saturated carbocycles. The summed E-state index contributed by atoms with van der Waals surface area (Å²) >= 11 is 11.4. The predicted molar refractivity (Wildman–Crippen MR) is 59.3 cm³/mol. The molecule has 0 spiro atoms. The second-order valence-electron chi connectivity index (χ2n) is 3.35. The molecule has 0 fully saturated rings. The average molecular weight is 280 g/mol. The number of nitrogens with two attached hydrogens (primary N) is 1. The highest BCUT2D eigenvalue weighted by molar-refractivity contribution is 6.42. The molecule has 2 N–H and O–H groups in total. The van der Waals surface area contributed by atoms with Gasteiger partial charge in [-0.15, -0.1) is 0 Å². The van der Waals surface area contributed by atoms with Crippen molar-refractivity contribution in [3.63, 3.8) is 0 Å². The molecule has 1 amide bonds. The average Bonchev–Trinajstić information content (AvgIpc) is 2.62. The predicted octanol–water partition coefficient (Wildman–Crippen LogP) is 3.32. The molecule has 1 aromatic carbocycles. The van der Waals surface area contributed by atoms with Crippen LogP contribution in [0.15, 0.2) is 22.6 Å². The minimum absolute atomic E-state index is 0.107. The highest BCUT2D eigenvalue weighted by atomic mass is 35.5. The normalized spacial score (nSPS) is 12.0. The summed E-state index contributed by atoms with van der Waals surface area (Å²) < 4.78 is 31.4. The number of benzene rings is 1. The van der Waals surface area contributed by atoms with Crippen LogP contribution >= 0.6 is 23.2 Å². The third-order valence-corrected chi connectivity index (χ3v) is 2.90. The van der Waals surface area contributed by atoms with Crippen molar-refractivity contribution >= 4 is 40.1 Å². The lowest BCUT2D eigenvalue weighted by Crippen LogP contribution is -2.32. The van der Waals surface area contributed by atoms with Gasteiger partial charge in [0.25, 0.3) is 5.91 Å². The number of alkyl halides is 2. The van der Waals surface area contributed by atoms with Crippen LogP contribution in [0.25, 0.3) is 11.0 Å². The number of carbonyl (C=O) groups excluding carboxylic acids is 1. The van der Waals surface area contributed by atoms with Gasteiger partial charge in [0.1, 0.15) is 5.58 Å². The largest absolute Gasteiger partial charge is 0.454 e. The molecule has 0 aliphatic carbocycles. The molecule has 0 saturated heterocycles. The smallest absolute Gasteiger partial charge is 0.380 e. The number of primary amides is 1. The topological polar surface area (TPSA) is 56.2 Å². The van der Waals surface area contributed by atoms with E-state index in [2.05, 4.69) is 5.73 Å². The molecule has 7 heteroatoms. The Morgan fingerprint density at radius 3 is 2.41 bits per heavy atom. The van der Waals surface area contributed by atoms with E-state index in [0.29, 0.717) is 5.39 Å². The van der Waals surface area contributed by atoms with Crippen LogP contribution in [0.2, 0.25) is 10.0 Å². The van der Waals surface area contributed by atoms with Crippen LogP contribution in [-0.4, -0.2) is 5.91 Å². The van der Waals surface area contributed by atoms with Crippen LogP contribution in [-0.2, 0) is 10.7 Å². The minimum atomic E-state index is -3.86. The van der Waals surface area contributed by atoms with Crippen LogP contribution in [0.1, 0.15) is 5.76 Å². The number of furan rings is 1. The zero-order valence-corrected chi connectivity index (χ0v) is 9.65. The Morgan fingerprint density at radius 1 is 1.24 bits per heavy atom. The van der Waals surface area contributed by atoms with Crippen molar-refractivity contribution in [2.75, 3.05) is 0 Å². The summed E-state index contributed by atoms with van der Waals surface area (Å²) in [5.41, 5.74) is 4.69.